The fraction of sp³-hybridized carbons (Fsp3) is 0.818. The lowest BCUT2D eigenvalue weighted by Crippen LogP contribution is -2.61. The smallest absolute Gasteiger partial charge is 0.408 e. The van der Waals surface area contributed by atoms with E-state index in [0.29, 0.717) is 12.2 Å². The summed E-state index contributed by atoms with van der Waals surface area (Å²) in [5.74, 6) is -2.18. The third kappa shape index (κ3) is 6.53. The van der Waals surface area contributed by atoms with Crippen LogP contribution in [0.3, 0.4) is 0 Å². The van der Waals surface area contributed by atoms with Gasteiger partial charge in [-0.3, -0.25) is 9.59 Å². The number of carbonyl (C=O) groups excluding carboxylic acids is 4. The number of nitrogens with one attached hydrogen (secondary N) is 2. The van der Waals surface area contributed by atoms with Gasteiger partial charge in [-0.2, -0.15) is 11.8 Å². The normalized spacial score (nSPS) is 28.8. The molecule has 33 heavy (non-hydrogen) atoms. The Balaban J connectivity index is 2.25. The summed E-state index contributed by atoms with van der Waals surface area (Å²) >= 11 is 1.51. The molecule has 0 unspecified atom stereocenters. The first-order chi connectivity index (χ1) is 15.4. The molecule has 3 N–H and O–H groups in total. The van der Waals surface area contributed by atoms with Crippen LogP contribution >= 0.6 is 11.8 Å². The summed E-state index contributed by atoms with van der Waals surface area (Å²) in [7, 11) is 1.27. The highest BCUT2D eigenvalue weighted by molar-refractivity contribution is 7.98. The van der Waals surface area contributed by atoms with E-state index in [0.717, 1.165) is 0 Å². The Morgan fingerprint density at radius 2 is 1.91 bits per heavy atom. The number of hydrogen-bond donors (Lipinski definition) is 3. The maximum absolute atomic E-state index is 13.3. The number of amides is 2. The van der Waals surface area contributed by atoms with Crippen LogP contribution in [0.1, 0.15) is 47.0 Å². The van der Waals surface area contributed by atoms with Crippen molar-refractivity contribution in [3.05, 3.63) is 0 Å². The zero-order valence-corrected chi connectivity index (χ0v) is 21.0. The Morgan fingerprint density at radius 1 is 1.24 bits per heavy atom. The lowest BCUT2D eigenvalue weighted by molar-refractivity contribution is -0.155. The number of ether oxygens (including phenoxy) is 3. The fourth-order valence-electron chi connectivity index (χ4n) is 4.69. The monoisotopic (exact) mass is 488 g/mol. The van der Waals surface area contributed by atoms with E-state index in [4.69, 9.17) is 14.2 Å². The zero-order chi connectivity index (χ0) is 25.0. The van der Waals surface area contributed by atoms with Crippen molar-refractivity contribution in [2.75, 3.05) is 25.7 Å². The topological polar surface area (TPSA) is 140 Å². The van der Waals surface area contributed by atoms with Gasteiger partial charge in [0.15, 0.2) is 0 Å². The van der Waals surface area contributed by atoms with Crippen molar-refractivity contribution in [1.29, 1.82) is 0 Å². The van der Waals surface area contributed by atoms with Crippen molar-refractivity contribution in [2.45, 2.75) is 70.2 Å². The van der Waals surface area contributed by atoms with Crippen molar-refractivity contribution in [2.24, 2.45) is 17.8 Å². The van der Waals surface area contributed by atoms with Gasteiger partial charge in [-0.25, -0.2) is 9.59 Å². The van der Waals surface area contributed by atoms with Gasteiger partial charge in [-0.05, 0) is 58.0 Å². The minimum absolute atomic E-state index is 0.0216. The molecule has 188 valence electrons. The van der Waals surface area contributed by atoms with Crippen LogP contribution in [0.5, 0.6) is 0 Å². The number of rotatable bonds is 10. The van der Waals surface area contributed by atoms with Gasteiger partial charge >= 0.3 is 18.0 Å². The molecule has 2 rings (SSSR count). The fourth-order valence-corrected chi connectivity index (χ4v) is 5.16. The number of aliphatic hydroxyl groups is 1. The summed E-state index contributed by atoms with van der Waals surface area (Å²) in [6, 6.07) is -0.951. The summed E-state index contributed by atoms with van der Waals surface area (Å²) in [6.07, 6.45) is 0.583. The molecular formula is C22H36N2O8S. The standard InChI is InChI=1S/C22H36N2O8S/c1-7-31-19(28)22(11-14(25)16-12(17(16)22)10-15(26)30-5)24-18(27)13(8-9-33-6)23-20(29)32-21(2,3)4/h12-14,16-17,25H,7-11H2,1-6H3,(H,23,29)(H,24,27)/t12-,13-,14-,16+,17+,22-/m0/s1. The van der Waals surface area contributed by atoms with Crippen LogP contribution in [0.25, 0.3) is 0 Å². The van der Waals surface area contributed by atoms with Crippen LogP contribution in [-0.4, -0.2) is 78.1 Å². The first-order valence-electron chi connectivity index (χ1n) is 11.1. The predicted molar refractivity (Wildman–Crippen MR) is 121 cm³/mol. The molecule has 0 saturated heterocycles. The third-order valence-corrected chi connectivity index (χ3v) is 6.65. The number of aliphatic hydroxyl groups excluding tert-OH is 1. The van der Waals surface area contributed by atoms with Gasteiger partial charge < -0.3 is 30.0 Å². The zero-order valence-electron chi connectivity index (χ0n) is 20.1. The molecule has 0 aromatic carbocycles. The summed E-state index contributed by atoms with van der Waals surface area (Å²) in [6.45, 7) is 6.90. The van der Waals surface area contributed by atoms with E-state index in [1.54, 1.807) is 27.7 Å². The number of esters is 2. The highest BCUT2D eigenvalue weighted by Gasteiger charge is 2.73. The molecule has 0 radical (unpaired) electrons. The average Bonchev–Trinajstić information content (AvgIpc) is 3.34. The van der Waals surface area contributed by atoms with Gasteiger partial charge in [-0.15, -0.1) is 0 Å². The van der Waals surface area contributed by atoms with Crippen molar-refractivity contribution < 1.29 is 38.5 Å². The first kappa shape index (κ1) is 27.2. The maximum Gasteiger partial charge on any atom is 0.408 e. The van der Waals surface area contributed by atoms with Crippen LogP contribution in [0.15, 0.2) is 0 Å². The summed E-state index contributed by atoms with van der Waals surface area (Å²) in [5, 5.41) is 16.0. The van der Waals surface area contributed by atoms with E-state index in [2.05, 4.69) is 10.6 Å². The van der Waals surface area contributed by atoms with Gasteiger partial charge in [-0.1, -0.05) is 0 Å². The number of carbonyl (C=O) groups is 4. The number of methoxy groups -OCH3 is 1. The molecule has 0 aliphatic heterocycles. The second-order valence-electron chi connectivity index (χ2n) is 9.48. The van der Waals surface area contributed by atoms with Crippen LogP contribution in [0.2, 0.25) is 0 Å². The third-order valence-electron chi connectivity index (χ3n) is 6.01. The molecular weight excluding hydrogens is 452 g/mol. The number of alkyl carbamates (subject to hydrolysis) is 1. The van der Waals surface area contributed by atoms with Crippen LogP contribution in [0, 0.1) is 17.8 Å². The SMILES string of the molecule is CCOC(=O)[C@]1(NC(=O)[C@H](CCSC)NC(=O)OC(C)(C)C)C[C@H](O)[C@H]2[C@H](CC(=O)OC)[C@H]21. The Hall–Kier alpha value is -2.01. The van der Waals surface area contributed by atoms with Crippen LogP contribution in [0.4, 0.5) is 4.79 Å². The average molecular weight is 489 g/mol. The summed E-state index contributed by atoms with van der Waals surface area (Å²) < 4.78 is 15.3. The largest absolute Gasteiger partial charge is 0.469 e. The molecule has 6 atom stereocenters. The van der Waals surface area contributed by atoms with E-state index in [9.17, 15) is 24.3 Å². The Kier molecular flexibility index (Phi) is 9.03. The van der Waals surface area contributed by atoms with E-state index in [1.807, 2.05) is 6.26 Å². The predicted octanol–water partition coefficient (Wildman–Crippen LogP) is 1.24. The molecule has 2 aliphatic carbocycles. The highest BCUT2D eigenvalue weighted by atomic mass is 32.2. The molecule has 0 spiro atoms. The Labute approximate surface area is 198 Å². The second kappa shape index (κ2) is 10.9. The summed E-state index contributed by atoms with van der Waals surface area (Å²) in [4.78, 5) is 50.5. The van der Waals surface area contributed by atoms with E-state index < -0.39 is 53.1 Å². The van der Waals surface area contributed by atoms with Gasteiger partial charge in [0.05, 0.1) is 19.8 Å². The van der Waals surface area contributed by atoms with Gasteiger partial charge in [0.2, 0.25) is 5.91 Å². The molecule has 10 nitrogen and oxygen atoms in total. The number of fused-ring (bicyclic) bond motifs is 1. The minimum Gasteiger partial charge on any atom is -0.469 e. The molecule has 11 heteroatoms. The van der Waals surface area contributed by atoms with Crippen molar-refractivity contribution in [3.63, 3.8) is 0 Å². The maximum atomic E-state index is 13.3. The molecule has 0 aromatic heterocycles. The lowest BCUT2D eigenvalue weighted by atomic mass is 9.88. The van der Waals surface area contributed by atoms with Gasteiger partial charge in [0, 0.05) is 18.8 Å². The minimum atomic E-state index is -1.48. The molecule has 0 aromatic rings. The molecule has 2 amide bonds. The van der Waals surface area contributed by atoms with Crippen LogP contribution in [-0.2, 0) is 28.6 Å². The Morgan fingerprint density at radius 3 is 2.45 bits per heavy atom. The van der Waals surface area contributed by atoms with Crippen molar-refractivity contribution in [1.82, 2.24) is 10.6 Å². The van der Waals surface area contributed by atoms with E-state index in [1.165, 1.54) is 18.9 Å². The molecule has 0 heterocycles. The lowest BCUT2D eigenvalue weighted by Gasteiger charge is -2.33. The quantitative estimate of drug-likeness (QED) is 0.306. The number of hydrogen-bond acceptors (Lipinski definition) is 9. The Bertz CT molecular complexity index is 755. The molecule has 2 fully saturated rings. The second-order valence-corrected chi connectivity index (χ2v) is 10.5. The molecule has 0 bridgehead atoms. The van der Waals surface area contributed by atoms with E-state index in [-0.39, 0.29) is 31.3 Å². The molecule has 2 aliphatic rings. The van der Waals surface area contributed by atoms with Crippen molar-refractivity contribution in [3.8, 4) is 0 Å². The summed E-state index contributed by atoms with van der Waals surface area (Å²) in [5.41, 5.74) is -2.22. The van der Waals surface area contributed by atoms with Gasteiger partial charge in [0.25, 0.3) is 0 Å². The first-order valence-corrected chi connectivity index (χ1v) is 12.5. The van der Waals surface area contributed by atoms with Crippen molar-refractivity contribution >= 4 is 35.7 Å². The van der Waals surface area contributed by atoms with Gasteiger partial charge in [0.1, 0.15) is 17.2 Å². The van der Waals surface area contributed by atoms with E-state index >= 15 is 0 Å². The highest BCUT2D eigenvalue weighted by Crippen LogP contribution is 2.64. The van der Waals surface area contributed by atoms with Crippen LogP contribution < -0.4 is 10.6 Å². The molecule has 2 saturated carbocycles. The number of thioether (sulfide) groups is 1.